The number of oxazole rings is 1. The lowest BCUT2D eigenvalue weighted by Crippen LogP contribution is -2.44. The molecule has 2 aromatic rings. The molecule has 1 aromatic heterocycles. The molecule has 154 valence electrons. The molecular weight excluding hydrogens is 493 g/mol. The number of ether oxygens (including phenoxy) is 1. The first-order chi connectivity index (χ1) is 13.0. The van der Waals surface area contributed by atoms with Gasteiger partial charge in [-0.05, 0) is 38.5 Å². The number of aryl methyl sites for hydroxylation is 2. The Morgan fingerprint density at radius 3 is 2.86 bits per heavy atom. The number of rotatable bonds is 5. The van der Waals surface area contributed by atoms with Crippen LogP contribution in [-0.4, -0.2) is 44.2 Å². The van der Waals surface area contributed by atoms with Crippen LogP contribution in [0, 0.1) is 13.8 Å². The summed E-state index contributed by atoms with van der Waals surface area (Å²) in [5, 5.41) is 7.43. The second kappa shape index (κ2) is 10.2. The molecule has 1 fully saturated rings. The second-order valence-electron chi connectivity index (χ2n) is 6.57. The van der Waals surface area contributed by atoms with Gasteiger partial charge in [-0.25, -0.2) is 4.98 Å². The minimum Gasteiger partial charge on any atom is -0.495 e. The molecule has 0 spiro atoms. The van der Waals surface area contributed by atoms with Gasteiger partial charge in [0.15, 0.2) is 5.96 Å². The fraction of sp³-hybridized carbons (Fsp3) is 0.474. The Morgan fingerprint density at radius 2 is 2.21 bits per heavy atom. The Hall–Kier alpha value is -1.68. The van der Waals surface area contributed by atoms with Crippen LogP contribution in [0.4, 0.5) is 5.69 Å². The highest BCUT2D eigenvalue weighted by molar-refractivity contribution is 14.0. The summed E-state index contributed by atoms with van der Waals surface area (Å²) < 4.78 is 11.1. The molecule has 1 aliphatic heterocycles. The van der Waals surface area contributed by atoms with Crippen molar-refractivity contribution in [2.24, 2.45) is 4.99 Å². The van der Waals surface area contributed by atoms with Gasteiger partial charge in [-0.3, -0.25) is 4.99 Å². The third-order valence-electron chi connectivity index (χ3n) is 4.71. The van der Waals surface area contributed by atoms with E-state index < -0.39 is 0 Å². The molecule has 1 aliphatic rings. The number of anilines is 1. The number of methoxy groups -OCH3 is 1. The van der Waals surface area contributed by atoms with E-state index in [2.05, 4.69) is 25.5 Å². The van der Waals surface area contributed by atoms with E-state index in [1.807, 2.05) is 32.0 Å². The summed E-state index contributed by atoms with van der Waals surface area (Å²) in [7, 11) is 3.44. The van der Waals surface area contributed by atoms with Gasteiger partial charge in [-0.2, -0.15) is 0 Å². The van der Waals surface area contributed by atoms with E-state index >= 15 is 0 Å². The number of guanidine groups is 1. The van der Waals surface area contributed by atoms with E-state index in [9.17, 15) is 0 Å². The predicted molar refractivity (Wildman–Crippen MR) is 123 cm³/mol. The topological polar surface area (TPSA) is 74.9 Å². The first kappa shape index (κ1) is 22.6. The monoisotopic (exact) mass is 519 g/mol. The zero-order valence-corrected chi connectivity index (χ0v) is 19.7. The van der Waals surface area contributed by atoms with Crippen LogP contribution in [0.25, 0.3) is 0 Å². The fourth-order valence-corrected chi connectivity index (χ4v) is 3.34. The Balaban J connectivity index is 0.00000280. The molecule has 0 aliphatic carbocycles. The molecule has 0 saturated carbocycles. The number of halogens is 2. The van der Waals surface area contributed by atoms with E-state index in [-0.39, 0.29) is 30.0 Å². The normalized spacial score (nSPS) is 16.7. The average molecular weight is 520 g/mol. The van der Waals surface area contributed by atoms with E-state index in [0.717, 1.165) is 48.4 Å². The van der Waals surface area contributed by atoms with Crippen molar-refractivity contribution in [3.05, 3.63) is 40.6 Å². The predicted octanol–water partition coefficient (Wildman–Crippen LogP) is 3.52. The van der Waals surface area contributed by atoms with Crippen LogP contribution in [0.3, 0.4) is 0 Å². The maximum absolute atomic E-state index is 6.17. The quantitative estimate of drug-likeness (QED) is 0.358. The van der Waals surface area contributed by atoms with Gasteiger partial charge in [0.1, 0.15) is 11.5 Å². The first-order valence-electron chi connectivity index (χ1n) is 8.98. The van der Waals surface area contributed by atoms with Gasteiger partial charge < -0.3 is 24.7 Å². The van der Waals surface area contributed by atoms with Crippen LogP contribution in [0.2, 0.25) is 5.02 Å². The molecule has 0 bridgehead atoms. The van der Waals surface area contributed by atoms with Crippen LogP contribution >= 0.6 is 35.6 Å². The van der Waals surface area contributed by atoms with Crippen molar-refractivity contribution < 1.29 is 9.15 Å². The van der Waals surface area contributed by atoms with Crippen molar-refractivity contribution >= 4 is 47.2 Å². The van der Waals surface area contributed by atoms with Crippen LogP contribution in [0.5, 0.6) is 5.75 Å². The Labute approximate surface area is 187 Å². The summed E-state index contributed by atoms with van der Waals surface area (Å²) in [6.45, 7) is 6.10. The van der Waals surface area contributed by atoms with Crippen LogP contribution in [-0.2, 0) is 6.54 Å². The minimum atomic E-state index is 0. The molecule has 3 rings (SSSR count). The van der Waals surface area contributed by atoms with Crippen molar-refractivity contribution in [3.63, 3.8) is 0 Å². The van der Waals surface area contributed by atoms with Crippen molar-refractivity contribution in [1.29, 1.82) is 0 Å². The van der Waals surface area contributed by atoms with E-state index in [0.29, 0.717) is 17.5 Å². The number of nitrogens with one attached hydrogen (secondary N) is 2. The molecule has 2 heterocycles. The largest absolute Gasteiger partial charge is 0.495 e. The zero-order chi connectivity index (χ0) is 19.4. The second-order valence-corrected chi connectivity index (χ2v) is 7.00. The summed E-state index contributed by atoms with van der Waals surface area (Å²) in [5.41, 5.74) is 1.93. The lowest BCUT2D eigenvalue weighted by Gasteiger charge is -2.22. The standard InChI is InChI=1S/C19H26ClN5O2.HI/c1-12-13(2)27-18(23-12)10-22-19(21-3)24-15-7-8-25(11-15)16-9-14(20)5-6-17(16)26-4;/h5-6,9,15H,7-8,10-11H2,1-4H3,(H2,21,22,24);1H. The zero-order valence-electron chi connectivity index (χ0n) is 16.6. The molecule has 9 heteroatoms. The van der Waals surface area contributed by atoms with Gasteiger partial charge >= 0.3 is 0 Å². The number of aromatic nitrogens is 1. The lowest BCUT2D eigenvalue weighted by atomic mass is 10.2. The lowest BCUT2D eigenvalue weighted by molar-refractivity contribution is 0.415. The third kappa shape index (κ3) is 5.44. The van der Waals surface area contributed by atoms with Crippen LogP contribution < -0.4 is 20.3 Å². The molecule has 1 aromatic carbocycles. The minimum absolute atomic E-state index is 0. The maximum Gasteiger partial charge on any atom is 0.214 e. The number of nitrogens with zero attached hydrogens (tertiary/aromatic N) is 3. The van der Waals surface area contributed by atoms with Crippen LogP contribution in [0.1, 0.15) is 23.8 Å². The Bertz CT molecular complexity index is 807. The molecule has 2 N–H and O–H groups in total. The highest BCUT2D eigenvalue weighted by atomic mass is 127. The van der Waals surface area contributed by atoms with Gasteiger partial charge in [0.05, 0.1) is 25.0 Å². The van der Waals surface area contributed by atoms with Crippen molar-refractivity contribution in [3.8, 4) is 5.75 Å². The van der Waals surface area contributed by atoms with E-state index in [1.54, 1.807) is 14.2 Å². The van der Waals surface area contributed by atoms with Gasteiger partial charge in [0.2, 0.25) is 5.89 Å². The summed E-state index contributed by atoms with van der Waals surface area (Å²) in [4.78, 5) is 11.0. The van der Waals surface area contributed by atoms with Gasteiger partial charge in [0.25, 0.3) is 0 Å². The summed E-state index contributed by atoms with van der Waals surface area (Å²) >= 11 is 6.17. The highest BCUT2D eigenvalue weighted by Gasteiger charge is 2.25. The highest BCUT2D eigenvalue weighted by Crippen LogP contribution is 2.33. The van der Waals surface area contributed by atoms with Gasteiger partial charge in [0, 0.05) is 31.2 Å². The Morgan fingerprint density at radius 1 is 1.43 bits per heavy atom. The first-order valence-corrected chi connectivity index (χ1v) is 9.36. The molecule has 7 nitrogen and oxygen atoms in total. The van der Waals surface area contributed by atoms with Crippen molar-refractivity contribution in [1.82, 2.24) is 15.6 Å². The van der Waals surface area contributed by atoms with Gasteiger partial charge in [-0.15, -0.1) is 24.0 Å². The molecule has 1 saturated heterocycles. The number of hydrogen-bond donors (Lipinski definition) is 2. The molecular formula is C19H27ClIN5O2. The molecule has 1 atom stereocenters. The van der Waals surface area contributed by atoms with Crippen molar-refractivity contribution in [2.75, 3.05) is 32.1 Å². The van der Waals surface area contributed by atoms with Gasteiger partial charge in [-0.1, -0.05) is 11.6 Å². The van der Waals surface area contributed by atoms with E-state index in [1.165, 1.54) is 0 Å². The maximum atomic E-state index is 6.17. The SMILES string of the molecule is CN=C(NCc1nc(C)c(C)o1)NC1CCN(c2cc(Cl)ccc2OC)C1.I. The fourth-order valence-electron chi connectivity index (χ4n) is 3.17. The smallest absolute Gasteiger partial charge is 0.214 e. The van der Waals surface area contributed by atoms with E-state index in [4.69, 9.17) is 20.8 Å². The molecule has 28 heavy (non-hydrogen) atoms. The summed E-state index contributed by atoms with van der Waals surface area (Å²) in [5.74, 6) is 3.06. The Kier molecular flexibility index (Phi) is 8.23. The van der Waals surface area contributed by atoms with Crippen LogP contribution in [0.15, 0.2) is 27.6 Å². The molecule has 0 amide bonds. The number of aliphatic imine (C=N–C) groups is 1. The number of benzene rings is 1. The summed E-state index contributed by atoms with van der Waals surface area (Å²) in [6, 6.07) is 5.96. The third-order valence-corrected chi connectivity index (χ3v) is 4.95. The average Bonchev–Trinajstić information content (AvgIpc) is 3.25. The molecule has 1 unspecified atom stereocenters. The molecule has 0 radical (unpaired) electrons. The van der Waals surface area contributed by atoms with Crippen molar-refractivity contribution in [2.45, 2.75) is 32.9 Å². The number of hydrogen-bond acceptors (Lipinski definition) is 5. The summed E-state index contributed by atoms with van der Waals surface area (Å²) in [6.07, 6.45) is 0.994.